The molecule has 0 aliphatic rings. The van der Waals surface area contributed by atoms with Crippen LogP contribution >= 0.6 is 11.3 Å². The summed E-state index contributed by atoms with van der Waals surface area (Å²) in [4.78, 5) is 0. The first-order chi connectivity index (χ1) is 9.24. The van der Waals surface area contributed by atoms with Crippen molar-refractivity contribution in [2.75, 3.05) is 14.2 Å². The van der Waals surface area contributed by atoms with Gasteiger partial charge in [0, 0.05) is 17.7 Å². The third kappa shape index (κ3) is 3.49. The van der Waals surface area contributed by atoms with E-state index in [9.17, 15) is 0 Å². The molecule has 1 unspecified atom stereocenters. The van der Waals surface area contributed by atoms with Crippen molar-refractivity contribution in [3.63, 3.8) is 0 Å². The lowest BCUT2D eigenvalue weighted by Gasteiger charge is -2.16. The zero-order chi connectivity index (χ0) is 13.7. The maximum atomic E-state index is 6.26. The molecule has 0 spiro atoms. The summed E-state index contributed by atoms with van der Waals surface area (Å²) in [5.74, 6) is 1.57. The Morgan fingerprint density at radius 2 is 2.05 bits per heavy atom. The van der Waals surface area contributed by atoms with Gasteiger partial charge >= 0.3 is 0 Å². The number of benzene rings is 1. The Bertz CT molecular complexity index is 511. The van der Waals surface area contributed by atoms with Crippen LogP contribution in [-0.2, 0) is 6.42 Å². The normalized spacial score (nSPS) is 12.2. The van der Waals surface area contributed by atoms with Gasteiger partial charge in [-0.05, 0) is 41.3 Å². The van der Waals surface area contributed by atoms with Crippen molar-refractivity contribution in [1.82, 2.24) is 0 Å². The Labute approximate surface area is 118 Å². The minimum atomic E-state index is -0.0271. The number of thiophene rings is 1. The van der Waals surface area contributed by atoms with Gasteiger partial charge in [-0.25, -0.2) is 0 Å². The summed E-state index contributed by atoms with van der Waals surface area (Å²) in [6, 6.07) is 7.89. The van der Waals surface area contributed by atoms with E-state index in [1.807, 2.05) is 18.2 Å². The fourth-order valence-corrected chi connectivity index (χ4v) is 2.74. The predicted octanol–water partition coefficient (Wildman–Crippen LogP) is 3.40. The summed E-state index contributed by atoms with van der Waals surface area (Å²) in [5.41, 5.74) is 8.63. The topological polar surface area (TPSA) is 44.5 Å². The number of rotatable bonds is 6. The SMILES string of the molecule is COc1ccc(C(N)CCc2ccsc2)c(OC)c1. The molecule has 0 saturated heterocycles. The van der Waals surface area contributed by atoms with E-state index in [2.05, 4.69) is 16.8 Å². The van der Waals surface area contributed by atoms with Gasteiger partial charge in [0.15, 0.2) is 0 Å². The molecule has 1 aromatic heterocycles. The van der Waals surface area contributed by atoms with E-state index in [4.69, 9.17) is 15.2 Å². The number of aryl methyl sites for hydroxylation is 1. The molecule has 0 fully saturated rings. The van der Waals surface area contributed by atoms with Crippen LogP contribution < -0.4 is 15.2 Å². The van der Waals surface area contributed by atoms with E-state index >= 15 is 0 Å². The smallest absolute Gasteiger partial charge is 0.127 e. The summed E-state index contributed by atoms with van der Waals surface area (Å²) in [6.07, 6.45) is 1.89. The Morgan fingerprint density at radius 3 is 2.68 bits per heavy atom. The molecule has 102 valence electrons. The maximum Gasteiger partial charge on any atom is 0.127 e. The van der Waals surface area contributed by atoms with Crippen molar-refractivity contribution in [3.8, 4) is 11.5 Å². The molecule has 0 bridgehead atoms. The molecule has 0 aliphatic heterocycles. The Hall–Kier alpha value is -1.52. The van der Waals surface area contributed by atoms with E-state index in [0.717, 1.165) is 29.9 Å². The van der Waals surface area contributed by atoms with Gasteiger partial charge in [-0.15, -0.1) is 0 Å². The lowest BCUT2D eigenvalue weighted by Crippen LogP contribution is -2.12. The van der Waals surface area contributed by atoms with E-state index in [1.165, 1.54) is 5.56 Å². The number of ether oxygens (including phenoxy) is 2. The van der Waals surface area contributed by atoms with Gasteiger partial charge in [-0.1, -0.05) is 6.07 Å². The van der Waals surface area contributed by atoms with Crippen molar-refractivity contribution in [3.05, 3.63) is 46.2 Å². The fraction of sp³-hybridized carbons (Fsp3) is 0.333. The number of hydrogen-bond donors (Lipinski definition) is 1. The van der Waals surface area contributed by atoms with Crippen LogP contribution in [0.3, 0.4) is 0 Å². The zero-order valence-corrected chi connectivity index (χ0v) is 12.1. The van der Waals surface area contributed by atoms with E-state index in [0.29, 0.717) is 0 Å². The Kier molecular flexibility index (Phi) is 4.82. The summed E-state index contributed by atoms with van der Waals surface area (Å²) >= 11 is 1.72. The average molecular weight is 277 g/mol. The van der Waals surface area contributed by atoms with Crippen LogP contribution in [0.4, 0.5) is 0 Å². The van der Waals surface area contributed by atoms with Crippen molar-refractivity contribution in [1.29, 1.82) is 0 Å². The van der Waals surface area contributed by atoms with Gasteiger partial charge in [0.2, 0.25) is 0 Å². The lowest BCUT2D eigenvalue weighted by atomic mass is 10.00. The van der Waals surface area contributed by atoms with Gasteiger partial charge < -0.3 is 15.2 Å². The quantitative estimate of drug-likeness (QED) is 0.880. The van der Waals surface area contributed by atoms with Crippen LogP contribution in [0.5, 0.6) is 11.5 Å². The molecule has 1 aromatic carbocycles. The van der Waals surface area contributed by atoms with Crippen molar-refractivity contribution >= 4 is 11.3 Å². The summed E-state index contributed by atoms with van der Waals surface area (Å²) in [5, 5.41) is 4.26. The average Bonchev–Trinajstić information content (AvgIpc) is 2.97. The highest BCUT2D eigenvalue weighted by Gasteiger charge is 2.13. The molecule has 1 atom stereocenters. The second-order valence-electron chi connectivity index (χ2n) is 4.38. The van der Waals surface area contributed by atoms with Crippen LogP contribution in [-0.4, -0.2) is 14.2 Å². The fourth-order valence-electron chi connectivity index (χ4n) is 2.04. The first-order valence-electron chi connectivity index (χ1n) is 6.23. The van der Waals surface area contributed by atoms with Gasteiger partial charge in [-0.3, -0.25) is 0 Å². The first-order valence-corrected chi connectivity index (χ1v) is 7.17. The van der Waals surface area contributed by atoms with E-state index in [1.54, 1.807) is 25.6 Å². The minimum Gasteiger partial charge on any atom is -0.497 e. The van der Waals surface area contributed by atoms with Crippen LogP contribution in [0.1, 0.15) is 23.6 Å². The van der Waals surface area contributed by atoms with E-state index < -0.39 is 0 Å². The van der Waals surface area contributed by atoms with Gasteiger partial charge in [-0.2, -0.15) is 11.3 Å². The summed E-state index contributed by atoms with van der Waals surface area (Å²) < 4.78 is 10.6. The van der Waals surface area contributed by atoms with Crippen molar-refractivity contribution in [2.45, 2.75) is 18.9 Å². The van der Waals surface area contributed by atoms with Gasteiger partial charge in [0.05, 0.1) is 14.2 Å². The predicted molar refractivity (Wildman–Crippen MR) is 79.1 cm³/mol. The molecule has 0 amide bonds. The molecular weight excluding hydrogens is 258 g/mol. The standard InChI is InChI=1S/C15H19NO2S/c1-17-12-4-5-13(15(9-12)18-2)14(16)6-3-11-7-8-19-10-11/h4-5,7-10,14H,3,6,16H2,1-2H3. The molecule has 1 heterocycles. The van der Waals surface area contributed by atoms with Crippen LogP contribution in [0.25, 0.3) is 0 Å². The number of nitrogens with two attached hydrogens (primary N) is 1. The molecule has 2 aromatic rings. The molecule has 3 nitrogen and oxygen atoms in total. The molecule has 4 heteroatoms. The molecular formula is C15H19NO2S. The molecule has 2 rings (SSSR count). The van der Waals surface area contributed by atoms with Crippen molar-refractivity contribution in [2.24, 2.45) is 5.73 Å². The van der Waals surface area contributed by atoms with Crippen LogP contribution in [0, 0.1) is 0 Å². The minimum absolute atomic E-state index is 0.0271. The van der Waals surface area contributed by atoms with Gasteiger partial charge in [0.1, 0.15) is 11.5 Å². The molecule has 2 N–H and O–H groups in total. The third-order valence-electron chi connectivity index (χ3n) is 3.16. The van der Waals surface area contributed by atoms with E-state index in [-0.39, 0.29) is 6.04 Å². The molecule has 0 saturated carbocycles. The zero-order valence-electron chi connectivity index (χ0n) is 11.3. The highest BCUT2D eigenvalue weighted by Crippen LogP contribution is 2.30. The summed E-state index contributed by atoms with van der Waals surface area (Å²) in [7, 11) is 3.30. The van der Waals surface area contributed by atoms with Crippen LogP contribution in [0.15, 0.2) is 35.0 Å². The first kappa shape index (κ1) is 13.9. The van der Waals surface area contributed by atoms with Gasteiger partial charge in [0.25, 0.3) is 0 Å². The number of hydrogen-bond acceptors (Lipinski definition) is 4. The second-order valence-corrected chi connectivity index (χ2v) is 5.16. The second kappa shape index (κ2) is 6.59. The molecule has 19 heavy (non-hydrogen) atoms. The highest BCUT2D eigenvalue weighted by molar-refractivity contribution is 7.07. The Morgan fingerprint density at radius 1 is 1.21 bits per heavy atom. The molecule has 0 radical (unpaired) electrons. The molecule has 0 aliphatic carbocycles. The highest BCUT2D eigenvalue weighted by atomic mass is 32.1. The maximum absolute atomic E-state index is 6.26. The largest absolute Gasteiger partial charge is 0.497 e. The monoisotopic (exact) mass is 277 g/mol. The third-order valence-corrected chi connectivity index (χ3v) is 3.90. The van der Waals surface area contributed by atoms with Crippen LogP contribution in [0.2, 0.25) is 0 Å². The number of methoxy groups -OCH3 is 2. The Balaban J connectivity index is 2.07. The van der Waals surface area contributed by atoms with Crippen molar-refractivity contribution < 1.29 is 9.47 Å². The summed E-state index contributed by atoms with van der Waals surface area (Å²) in [6.45, 7) is 0. The lowest BCUT2D eigenvalue weighted by molar-refractivity contribution is 0.387.